The minimum Gasteiger partial charge on any atom is -0.393 e. The third-order valence-corrected chi connectivity index (χ3v) is 3.36. The van der Waals surface area contributed by atoms with Gasteiger partial charge in [-0.05, 0) is 44.1 Å². The number of hydrogen-bond acceptors (Lipinski definition) is 2. The Balaban J connectivity index is 2.11. The average Bonchev–Trinajstić information content (AvgIpc) is 2.53. The zero-order valence-electron chi connectivity index (χ0n) is 10.6. The molecular weight excluding hydrogens is 186 g/mol. The lowest BCUT2D eigenvalue weighted by Gasteiger charge is -2.27. The summed E-state index contributed by atoms with van der Waals surface area (Å²) in [7, 11) is 0. The van der Waals surface area contributed by atoms with E-state index in [4.69, 9.17) is 0 Å². The Labute approximate surface area is 94.5 Å². The van der Waals surface area contributed by atoms with Crippen LogP contribution < -0.4 is 5.32 Å². The van der Waals surface area contributed by atoms with Crippen molar-refractivity contribution >= 4 is 0 Å². The first-order valence-corrected chi connectivity index (χ1v) is 6.38. The molecule has 1 saturated carbocycles. The maximum atomic E-state index is 9.37. The number of aliphatic hydroxyl groups is 1. The lowest BCUT2D eigenvalue weighted by atomic mass is 9.87. The molecule has 1 rings (SSSR count). The second kappa shape index (κ2) is 5.86. The van der Waals surface area contributed by atoms with E-state index >= 15 is 0 Å². The molecule has 2 heteroatoms. The van der Waals surface area contributed by atoms with Gasteiger partial charge in [0.25, 0.3) is 0 Å². The normalized spacial score (nSPS) is 20.8. The summed E-state index contributed by atoms with van der Waals surface area (Å²) in [6, 6.07) is 0. The van der Waals surface area contributed by atoms with E-state index in [9.17, 15) is 5.11 Å². The molecule has 0 aliphatic heterocycles. The SMILES string of the molecule is CC(O)CC(C)(C)CNCC1CCCC1. The zero-order valence-corrected chi connectivity index (χ0v) is 10.6. The van der Waals surface area contributed by atoms with Crippen LogP contribution in [0.1, 0.15) is 52.9 Å². The van der Waals surface area contributed by atoms with E-state index in [1.165, 1.54) is 32.2 Å². The summed E-state index contributed by atoms with van der Waals surface area (Å²) in [5.41, 5.74) is 0.215. The van der Waals surface area contributed by atoms with Crippen LogP contribution in [0.3, 0.4) is 0 Å². The highest BCUT2D eigenvalue weighted by Gasteiger charge is 2.21. The highest BCUT2D eigenvalue weighted by molar-refractivity contribution is 4.76. The van der Waals surface area contributed by atoms with Crippen molar-refractivity contribution in [1.29, 1.82) is 0 Å². The van der Waals surface area contributed by atoms with Crippen molar-refractivity contribution < 1.29 is 5.11 Å². The fraction of sp³-hybridized carbons (Fsp3) is 1.00. The summed E-state index contributed by atoms with van der Waals surface area (Å²) in [6.45, 7) is 8.51. The van der Waals surface area contributed by atoms with Crippen LogP contribution in [0, 0.1) is 11.3 Å². The first-order chi connectivity index (χ1) is 6.99. The molecule has 1 aliphatic carbocycles. The van der Waals surface area contributed by atoms with Gasteiger partial charge < -0.3 is 10.4 Å². The van der Waals surface area contributed by atoms with E-state index in [0.29, 0.717) is 0 Å². The van der Waals surface area contributed by atoms with Gasteiger partial charge in [0, 0.05) is 6.54 Å². The fourth-order valence-corrected chi connectivity index (χ4v) is 2.70. The summed E-state index contributed by atoms with van der Waals surface area (Å²) < 4.78 is 0. The molecule has 2 N–H and O–H groups in total. The number of rotatable bonds is 6. The molecule has 15 heavy (non-hydrogen) atoms. The van der Waals surface area contributed by atoms with Gasteiger partial charge in [-0.2, -0.15) is 0 Å². The summed E-state index contributed by atoms with van der Waals surface area (Å²) in [6.07, 6.45) is 6.35. The van der Waals surface area contributed by atoms with Crippen molar-refractivity contribution in [3.63, 3.8) is 0 Å². The van der Waals surface area contributed by atoms with Gasteiger partial charge in [-0.3, -0.25) is 0 Å². The Morgan fingerprint density at radius 2 is 1.93 bits per heavy atom. The van der Waals surface area contributed by atoms with Crippen molar-refractivity contribution in [3.8, 4) is 0 Å². The second-order valence-electron chi connectivity index (χ2n) is 6.00. The molecule has 2 nitrogen and oxygen atoms in total. The quantitative estimate of drug-likeness (QED) is 0.711. The Kier molecular flexibility index (Phi) is 5.07. The lowest BCUT2D eigenvalue weighted by Crippen LogP contribution is -2.34. The van der Waals surface area contributed by atoms with Crippen LogP contribution in [0.4, 0.5) is 0 Å². The van der Waals surface area contributed by atoms with Crippen LogP contribution in [0.15, 0.2) is 0 Å². The summed E-state index contributed by atoms with van der Waals surface area (Å²) in [5, 5.41) is 12.9. The van der Waals surface area contributed by atoms with E-state index in [0.717, 1.165) is 18.9 Å². The molecule has 0 bridgehead atoms. The predicted molar refractivity (Wildman–Crippen MR) is 64.9 cm³/mol. The van der Waals surface area contributed by atoms with Crippen LogP contribution in [0.5, 0.6) is 0 Å². The molecule has 1 atom stereocenters. The molecule has 90 valence electrons. The molecule has 0 radical (unpaired) electrons. The first-order valence-electron chi connectivity index (χ1n) is 6.38. The van der Waals surface area contributed by atoms with E-state index in [-0.39, 0.29) is 11.5 Å². The molecule has 1 unspecified atom stereocenters. The van der Waals surface area contributed by atoms with Crippen molar-refractivity contribution in [1.82, 2.24) is 5.32 Å². The van der Waals surface area contributed by atoms with Gasteiger partial charge in [-0.1, -0.05) is 26.7 Å². The van der Waals surface area contributed by atoms with Crippen LogP contribution in [0.25, 0.3) is 0 Å². The van der Waals surface area contributed by atoms with E-state index in [1.807, 2.05) is 6.92 Å². The summed E-state index contributed by atoms with van der Waals surface area (Å²) in [4.78, 5) is 0. The van der Waals surface area contributed by atoms with Gasteiger partial charge in [0.05, 0.1) is 6.10 Å². The monoisotopic (exact) mass is 213 g/mol. The zero-order chi connectivity index (χ0) is 11.3. The molecule has 0 amide bonds. The van der Waals surface area contributed by atoms with Crippen LogP contribution in [-0.4, -0.2) is 24.3 Å². The van der Waals surface area contributed by atoms with Crippen molar-refractivity contribution in [2.24, 2.45) is 11.3 Å². The summed E-state index contributed by atoms with van der Waals surface area (Å²) in [5.74, 6) is 0.910. The fourth-order valence-electron chi connectivity index (χ4n) is 2.70. The maximum Gasteiger partial charge on any atom is 0.0517 e. The summed E-state index contributed by atoms with van der Waals surface area (Å²) >= 11 is 0. The Hall–Kier alpha value is -0.0800. The molecule has 0 heterocycles. The van der Waals surface area contributed by atoms with Gasteiger partial charge in [0.1, 0.15) is 0 Å². The van der Waals surface area contributed by atoms with Gasteiger partial charge in [-0.25, -0.2) is 0 Å². The Morgan fingerprint density at radius 1 is 1.33 bits per heavy atom. The third kappa shape index (κ3) is 5.53. The van der Waals surface area contributed by atoms with Crippen molar-refractivity contribution in [2.75, 3.05) is 13.1 Å². The number of hydrogen-bond donors (Lipinski definition) is 2. The smallest absolute Gasteiger partial charge is 0.0517 e. The molecule has 0 saturated heterocycles. The third-order valence-electron chi connectivity index (χ3n) is 3.36. The molecule has 1 fully saturated rings. The van der Waals surface area contributed by atoms with Gasteiger partial charge in [0.2, 0.25) is 0 Å². The van der Waals surface area contributed by atoms with E-state index in [2.05, 4.69) is 19.2 Å². The average molecular weight is 213 g/mol. The lowest BCUT2D eigenvalue weighted by molar-refractivity contribution is 0.127. The van der Waals surface area contributed by atoms with Crippen LogP contribution >= 0.6 is 0 Å². The molecule has 0 aromatic carbocycles. The second-order valence-corrected chi connectivity index (χ2v) is 6.00. The van der Waals surface area contributed by atoms with Gasteiger partial charge in [0.15, 0.2) is 0 Å². The Bertz CT molecular complexity index is 171. The van der Waals surface area contributed by atoms with E-state index in [1.54, 1.807) is 0 Å². The number of nitrogens with one attached hydrogen (secondary N) is 1. The largest absolute Gasteiger partial charge is 0.393 e. The Morgan fingerprint density at radius 3 is 2.47 bits per heavy atom. The molecular formula is C13H27NO. The van der Waals surface area contributed by atoms with Crippen molar-refractivity contribution in [3.05, 3.63) is 0 Å². The van der Waals surface area contributed by atoms with Gasteiger partial charge >= 0.3 is 0 Å². The predicted octanol–water partition coefficient (Wildman–Crippen LogP) is 2.56. The van der Waals surface area contributed by atoms with Gasteiger partial charge in [-0.15, -0.1) is 0 Å². The van der Waals surface area contributed by atoms with Crippen LogP contribution in [-0.2, 0) is 0 Å². The molecule has 0 spiro atoms. The standard InChI is InChI=1S/C13H27NO/c1-11(15)8-13(2,3)10-14-9-12-6-4-5-7-12/h11-12,14-15H,4-10H2,1-3H3. The highest BCUT2D eigenvalue weighted by atomic mass is 16.3. The molecule has 1 aliphatic rings. The minimum absolute atomic E-state index is 0.187. The molecule has 0 aromatic heterocycles. The minimum atomic E-state index is -0.187. The van der Waals surface area contributed by atoms with Crippen molar-refractivity contribution in [2.45, 2.75) is 59.0 Å². The topological polar surface area (TPSA) is 32.3 Å². The first kappa shape index (κ1) is 13.0. The van der Waals surface area contributed by atoms with E-state index < -0.39 is 0 Å². The highest BCUT2D eigenvalue weighted by Crippen LogP contribution is 2.25. The van der Waals surface area contributed by atoms with Crippen LogP contribution in [0.2, 0.25) is 0 Å². The number of aliphatic hydroxyl groups excluding tert-OH is 1. The molecule has 0 aromatic rings. The maximum absolute atomic E-state index is 9.37.